The lowest BCUT2D eigenvalue weighted by Crippen LogP contribution is -1.89. The molecule has 1 aromatic rings. The highest BCUT2D eigenvalue weighted by Gasteiger charge is 2.00. The van der Waals surface area contributed by atoms with Crippen LogP contribution in [-0.4, -0.2) is 10.1 Å². The van der Waals surface area contributed by atoms with E-state index in [2.05, 4.69) is 10.9 Å². The molecule has 10 heavy (non-hydrogen) atoms. The van der Waals surface area contributed by atoms with Gasteiger partial charge in [-0.25, -0.2) is 4.98 Å². The quantitative estimate of drug-likeness (QED) is 0.503. The van der Waals surface area contributed by atoms with Crippen LogP contribution < -0.4 is 5.73 Å². The fourth-order valence-electron chi connectivity index (χ4n) is 0.575. The molecule has 3 nitrogen and oxygen atoms in total. The number of rotatable bonds is 0. The molecule has 0 atom stereocenters. The van der Waals surface area contributed by atoms with E-state index in [0.29, 0.717) is 0 Å². The van der Waals surface area contributed by atoms with Crippen molar-refractivity contribution in [2.45, 2.75) is 0 Å². The Morgan fingerprint density at radius 1 is 1.70 bits per heavy atom. The van der Waals surface area contributed by atoms with Crippen LogP contribution in [0.2, 0.25) is 0 Å². The number of anilines is 1. The summed E-state index contributed by atoms with van der Waals surface area (Å²) in [5.41, 5.74) is 5.74. The lowest BCUT2D eigenvalue weighted by atomic mass is 10.3. The van der Waals surface area contributed by atoms with Gasteiger partial charge in [-0.05, 0) is 12.0 Å². The molecule has 0 aliphatic heterocycles. The van der Waals surface area contributed by atoms with Crippen molar-refractivity contribution in [3.63, 3.8) is 0 Å². The van der Waals surface area contributed by atoms with Gasteiger partial charge < -0.3 is 10.8 Å². The lowest BCUT2D eigenvalue weighted by Gasteiger charge is -1.97. The molecule has 1 heterocycles. The van der Waals surface area contributed by atoms with Crippen LogP contribution in [0.5, 0.6) is 5.75 Å². The molecule has 3 N–H and O–H groups in total. The summed E-state index contributed by atoms with van der Waals surface area (Å²) in [7, 11) is 0. The molecule has 0 unspecified atom stereocenters. The number of nitrogen functional groups attached to an aromatic ring is 1. The number of aromatic nitrogens is 1. The van der Waals surface area contributed by atoms with Gasteiger partial charge in [0.25, 0.3) is 0 Å². The summed E-state index contributed by atoms with van der Waals surface area (Å²) in [6.07, 6.45) is 6.44. The molecule has 1 aromatic heterocycles. The van der Waals surface area contributed by atoms with Crippen molar-refractivity contribution >= 4 is 5.69 Å². The minimum absolute atomic E-state index is 0.120. The van der Waals surface area contributed by atoms with Gasteiger partial charge in [-0.15, -0.1) is 6.42 Å². The maximum Gasteiger partial charge on any atom is 0.173 e. The third kappa shape index (κ3) is 0.869. The maximum absolute atomic E-state index is 9.07. The standard InChI is InChI=1S/C7H6N2O/c1-2-6-7(10)5(8)3-4-9-6/h1,3-4,10H,(H2,8,9). The zero-order valence-corrected chi connectivity index (χ0v) is 5.20. The number of terminal acetylenes is 1. The van der Waals surface area contributed by atoms with E-state index in [-0.39, 0.29) is 17.1 Å². The molecule has 0 aliphatic rings. The van der Waals surface area contributed by atoms with Crippen molar-refractivity contribution in [3.05, 3.63) is 18.0 Å². The van der Waals surface area contributed by atoms with Gasteiger partial charge in [-0.1, -0.05) is 0 Å². The van der Waals surface area contributed by atoms with Crippen molar-refractivity contribution in [1.82, 2.24) is 4.98 Å². The average molecular weight is 134 g/mol. The van der Waals surface area contributed by atoms with Gasteiger partial charge in [0, 0.05) is 6.20 Å². The van der Waals surface area contributed by atoms with E-state index < -0.39 is 0 Å². The Hall–Kier alpha value is -1.69. The van der Waals surface area contributed by atoms with E-state index in [9.17, 15) is 0 Å². The third-order valence-corrected chi connectivity index (χ3v) is 1.09. The van der Waals surface area contributed by atoms with Gasteiger partial charge in [0.2, 0.25) is 0 Å². The summed E-state index contributed by atoms with van der Waals surface area (Å²) in [6, 6.07) is 1.48. The van der Waals surface area contributed by atoms with Crippen LogP contribution in [0, 0.1) is 12.3 Å². The first-order valence-corrected chi connectivity index (χ1v) is 2.65. The van der Waals surface area contributed by atoms with Crippen molar-refractivity contribution in [2.24, 2.45) is 0 Å². The molecule has 1 rings (SSSR count). The van der Waals surface area contributed by atoms with Gasteiger partial charge in [-0.2, -0.15) is 0 Å². The molecule has 0 saturated carbocycles. The second kappa shape index (κ2) is 2.28. The summed E-state index contributed by atoms with van der Waals surface area (Å²) in [4.78, 5) is 3.69. The average Bonchev–Trinajstić information content (AvgIpc) is 1.95. The minimum atomic E-state index is -0.120. The lowest BCUT2D eigenvalue weighted by molar-refractivity contribution is 0.473. The van der Waals surface area contributed by atoms with Crippen molar-refractivity contribution < 1.29 is 5.11 Å². The number of pyridine rings is 1. The Bertz CT molecular complexity index is 288. The van der Waals surface area contributed by atoms with Crippen LogP contribution in [0.4, 0.5) is 5.69 Å². The first kappa shape index (κ1) is 6.43. The first-order chi connectivity index (χ1) is 4.75. The molecule has 0 amide bonds. The van der Waals surface area contributed by atoms with E-state index in [1.165, 1.54) is 12.3 Å². The van der Waals surface area contributed by atoms with E-state index in [0.717, 1.165) is 0 Å². The molecule has 0 spiro atoms. The molecular formula is C7H6N2O. The van der Waals surface area contributed by atoms with Crippen molar-refractivity contribution in [1.29, 1.82) is 0 Å². The molecular weight excluding hydrogens is 128 g/mol. The molecule has 0 aromatic carbocycles. The Balaban J connectivity index is 3.31. The fraction of sp³-hybridized carbons (Fsp3) is 0. The first-order valence-electron chi connectivity index (χ1n) is 2.65. The Kier molecular flexibility index (Phi) is 1.46. The predicted octanol–water partition coefficient (Wildman–Crippen LogP) is 0.351. The number of nitrogens with two attached hydrogens (primary N) is 1. The van der Waals surface area contributed by atoms with Crippen molar-refractivity contribution in [2.75, 3.05) is 5.73 Å². The zero-order chi connectivity index (χ0) is 7.56. The maximum atomic E-state index is 9.07. The van der Waals surface area contributed by atoms with Crippen LogP contribution in [0.1, 0.15) is 5.69 Å². The second-order valence-electron chi connectivity index (χ2n) is 1.74. The summed E-state index contributed by atoms with van der Waals surface area (Å²) < 4.78 is 0. The van der Waals surface area contributed by atoms with Gasteiger partial charge in [0.1, 0.15) is 0 Å². The van der Waals surface area contributed by atoms with Crippen molar-refractivity contribution in [3.8, 4) is 18.1 Å². The summed E-state index contributed by atoms with van der Waals surface area (Å²) in [5.74, 6) is 2.07. The summed E-state index contributed by atoms with van der Waals surface area (Å²) in [5, 5.41) is 9.07. The number of nitrogens with zero attached hydrogens (tertiary/aromatic N) is 1. The molecule has 3 heteroatoms. The topological polar surface area (TPSA) is 59.1 Å². The molecule has 0 bridgehead atoms. The molecule has 0 radical (unpaired) electrons. The van der Waals surface area contributed by atoms with E-state index in [1.807, 2.05) is 0 Å². The van der Waals surface area contributed by atoms with Crippen LogP contribution in [0.3, 0.4) is 0 Å². The largest absolute Gasteiger partial charge is 0.503 e. The number of hydrogen-bond acceptors (Lipinski definition) is 3. The highest BCUT2D eigenvalue weighted by atomic mass is 16.3. The monoisotopic (exact) mass is 134 g/mol. The second-order valence-corrected chi connectivity index (χ2v) is 1.74. The van der Waals surface area contributed by atoms with Gasteiger partial charge >= 0.3 is 0 Å². The van der Waals surface area contributed by atoms with Crippen LogP contribution in [0.15, 0.2) is 12.3 Å². The highest BCUT2D eigenvalue weighted by Crippen LogP contribution is 2.20. The minimum Gasteiger partial charge on any atom is -0.503 e. The van der Waals surface area contributed by atoms with E-state index in [1.54, 1.807) is 0 Å². The van der Waals surface area contributed by atoms with Crippen LogP contribution >= 0.6 is 0 Å². The zero-order valence-electron chi connectivity index (χ0n) is 5.20. The highest BCUT2D eigenvalue weighted by molar-refractivity contribution is 5.56. The summed E-state index contributed by atoms with van der Waals surface area (Å²) in [6.45, 7) is 0. The molecule has 0 aliphatic carbocycles. The Labute approximate surface area is 58.5 Å². The van der Waals surface area contributed by atoms with Crippen LogP contribution in [-0.2, 0) is 0 Å². The van der Waals surface area contributed by atoms with E-state index >= 15 is 0 Å². The third-order valence-electron chi connectivity index (χ3n) is 1.09. The smallest absolute Gasteiger partial charge is 0.173 e. The van der Waals surface area contributed by atoms with Crippen LogP contribution in [0.25, 0.3) is 0 Å². The van der Waals surface area contributed by atoms with Gasteiger partial charge in [0.05, 0.1) is 5.69 Å². The fourth-order valence-corrected chi connectivity index (χ4v) is 0.575. The Morgan fingerprint density at radius 3 is 2.90 bits per heavy atom. The Morgan fingerprint density at radius 2 is 2.40 bits per heavy atom. The molecule has 0 fully saturated rings. The number of hydrogen-bond donors (Lipinski definition) is 2. The van der Waals surface area contributed by atoms with Gasteiger partial charge in [-0.3, -0.25) is 0 Å². The SMILES string of the molecule is C#Cc1nccc(N)c1O. The van der Waals surface area contributed by atoms with E-state index in [4.69, 9.17) is 17.3 Å². The predicted molar refractivity (Wildman–Crippen MR) is 38.2 cm³/mol. The van der Waals surface area contributed by atoms with Gasteiger partial charge in [0.15, 0.2) is 11.4 Å². The summed E-state index contributed by atoms with van der Waals surface area (Å²) >= 11 is 0. The molecule has 50 valence electrons. The number of aromatic hydroxyl groups is 1. The molecule has 0 saturated heterocycles. The normalized spacial score (nSPS) is 8.70.